The van der Waals surface area contributed by atoms with Gasteiger partial charge in [-0.15, -0.1) is 0 Å². The lowest BCUT2D eigenvalue weighted by Gasteiger charge is -2.30. The van der Waals surface area contributed by atoms with Crippen molar-refractivity contribution in [3.63, 3.8) is 0 Å². The number of anilines is 1. The molecule has 0 bridgehead atoms. The van der Waals surface area contributed by atoms with Gasteiger partial charge < -0.3 is 24.3 Å². The van der Waals surface area contributed by atoms with Gasteiger partial charge in [0.05, 0.1) is 18.8 Å². The maximum absolute atomic E-state index is 13.4. The van der Waals surface area contributed by atoms with E-state index in [0.29, 0.717) is 36.9 Å². The van der Waals surface area contributed by atoms with Crippen molar-refractivity contribution in [2.45, 2.75) is 46.8 Å². The number of urea groups is 1. The highest BCUT2D eigenvalue weighted by Crippen LogP contribution is 2.24. The van der Waals surface area contributed by atoms with Gasteiger partial charge in [0, 0.05) is 12.6 Å². The topological polar surface area (TPSA) is 75.0 Å². The van der Waals surface area contributed by atoms with Crippen molar-refractivity contribution in [3.05, 3.63) is 83.8 Å². The molecule has 7 nitrogen and oxygen atoms in total. The number of carbonyl (C=O) groups is 2. The van der Waals surface area contributed by atoms with Crippen LogP contribution in [-0.2, 0) is 17.9 Å². The Kier molecular flexibility index (Phi) is 8.73. The largest absolute Gasteiger partial charge is 0.492 e. The molecule has 7 heteroatoms. The minimum Gasteiger partial charge on any atom is -0.492 e. The van der Waals surface area contributed by atoms with Crippen LogP contribution in [0.15, 0.2) is 71.1 Å². The molecular weight excluding hydrogens is 430 g/mol. The Bertz CT molecular complexity index is 1080. The first-order valence-corrected chi connectivity index (χ1v) is 11.5. The number of carbonyl (C=O) groups excluding carboxylic acids is 2. The molecule has 3 rings (SSSR count). The summed E-state index contributed by atoms with van der Waals surface area (Å²) in [5.41, 5.74) is 1.57. The summed E-state index contributed by atoms with van der Waals surface area (Å²) in [7, 11) is 0. The fourth-order valence-electron chi connectivity index (χ4n) is 3.57. The van der Waals surface area contributed by atoms with Crippen LogP contribution in [0.1, 0.15) is 37.9 Å². The van der Waals surface area contributed by atoms with Gasteiger partial charge in [-0.1, -0.05) is 42.5 Å². The van der Waals surface area contributed by atoms with Crippen LogP contribution in [-0.4, -0.2) is 40.9 Å². The number of hydrogen-bond acceptors (Lipinski definition) is 4. The quantitative estimate of drug-likeness (QED) is 0.433. The van der Waals surface area contributed by atoms with Crippen LogP contribution >= 0.6 is 0 Å². The molecule has 3 aromatic rings. The second kappa shape index (κ2) is 11.9. The zero-order valence-electron chi connectivity index (χ0n) is 20.3. The van der Waals surface area contributed by atoms with Crippen molar-refractivity contribution < 1.29 is 18.7 Å². The normalized spacial score (nSPS) is 10.7. The number of ether oxygens (including phenoxy) is 1. The van der Waals surface area contributed by atoms with Gasteiger partial charge in [0.2, 0.25) is 5.91 Å². The molecule has 0 fully saturated rings. The van der Waals surface area contributed by atoms with Gasteiger partial charge in [-0.25, -0.2) is 4.79 Å². The van der Waals surface area contributed by atoms with E-state index in [-0.39, 0.29) is 24.5 Å². The molecule has 3 amide bonds. The molecule has 0 radical (unpaired) electrons. The van der Waals surface area contributed by atoms with E-state index in [1.165, 1.54) is 4.90 Å². The molecular formula is C27H33N3O4. The third kappa shape index (κ3) is 6.88. The van der Waals surface area contributed by atoms with E-state index in [1.807, 2.05) is 82.3 Å². The highest BCUT2D eigenvalue weighted by atomic mass is 16.5. The lowest BCUT2D eigenvalue weighted by molar-refractivity contribution is -0.133. The van der Waals surface area contributed by atoms with E-state index in [1.54, 1.807) is 17.0 Å². The van der Waals surface area contributed by atoms with Crippen molar-refractivity contribution in [3.8, 4) is 5.75 Å². The molecule has 1 heterocycles. The molecule has 0 atom stereocenters. The summed E-state index contributed by atoms with van der Waals surface area (Å²) in [6.45, 7) is 8.70. The number of nitrogens with zero attached hydrogens (tertiary/aromatic N) is 2. The predicted octanol–water partition coefficient (Wildman–Crippen LogP) is 5.46. The zero-order valence-corrected chi connectivity index (χ0v) is 20.3. The first kappa shape index (κ1) is 24.9. The maximum atomic E-state index is 13.4. The van der Waals surface area contributed by atoms with Gasteiger partial charge in [0.15, 0.2) is 0 Å². The van der Waals surface area contributed by atoms with Crippen LogP contribution in [0.4, 0.5) is 10.5 Å². The first-order chi connectivity index (χ1) is 16.4. The van der Waals surface area contributed by atoms with Gasteiger partial charge in [-0.05, 0) is 57.5 Å². The van der Waals surface area contributed by atoms with Gasteiger partial charge in [0.25, 0.3) is 0 Å². The molecule has 0 aliphatic rings. The molecule has 0 spiro atoms. The minimum atomic E-state index is -0.357. The lowest BCUT2D eigenvalue weighted by Crippen LogP contribution is -2.47. The van der Waals surface area contributed by atoms with Crippen LogP contribution in [0, 0.1) is 6.92 Å². The predicted molar refractivity (Wildman–Crippen MR) is 133 cm³/mol. The molecule has 34 heavy (non-hydrogen) atoms. The Morgan fingerprint density at radius 1 is 0.971 bits per heavy atom. The summed E-state index contributed by atoms with van der Waals surface area (Å²) in [6.07, 6.45) is 0. The van der Waals surface area contributed by atoms with E-state index in [0.717, 1.165) is 11.3 Å². The Morgan fingerprint density at radius 3 is 2.32 bits per heavy atom. The zero-order chi connectivity index (χ0) is 24.5. The molecule has 0 saturated heterocycles. The van der Waals surface area contributed by atoms with Gasteiger partial charge in [-0.2, -0.15) is 0 Å². The standard InChI is InChI=1S/C27H33N3O4/c1-5-33-25-14-10-9-13-24(25)28-27(32)30(20(2)3)19-26(31)29(17-22-11-7-6-8-12-22)18-23-16-15-21(4)34-23/h6-16,20H,5,17-19H2,1-4H3,(H,28,32). The summed E-state index contributed by atoms with van der Waals surface area (Å²) >= 11 is 0. The van der Waals surface area contributed by atoms with Crippen LogP contribution in [0.25, 0.3) is 0 Å². The van der Waals surface area contributed by atoms with Gasteiger partial charge >= 0.3 is 6.03 Å². The smallest absolute Gasteiger partial charge is 0.322 e. The Morgan fingerprint density at radius 2 is 1.68 bits per heavy atom. The van der Waals surface area contributed by atoms with Crippen molar-refractivity contribution in [2.24, 2.45) is 0 Å². The molecule has 0 aliphatic carbocycles. The minimum absolute atomic E-state index is 0.0627. The van der Waals surface area contributed by atoms with E-state index >= 15 is 0 Å². The third-order valence-corrected chi connectivity index (χ3v) is 5.33. The van der Waals surface area contributed by atoms with Crippen LogP contribution in [0.5, 0.6) is 5.75 Å². The number of amides is 3. The van der Waals surface area contributed by atoms with E-state index in [4.69, 9.17) is 9.15 Å². The Balaban J connectivity index is 1.76. The molecule has 0 aliphatic heterocycles. The first-order valence-electron chi connectivity index (χ1n) is 11.5. The van der Waals surface area contributed by atoms with Crippen LogP contribution < -0.4 is 10.1 Å². The summed E-state index contributed by atoms with van der Waals surface area (Å²) in [5.74, 6) is 1.92. The van der Waals surface area contributed by atoms with Crippen LogP contribution in [0.3, 0.4) is 0 Å². The van der Waals surface area contributed by atoms with Crippen molar-refractivity contribution in [2.75, 3.05) is 18.5 Å². The molecule has 2 aromatic carbocycles. The second-order valence-corrected chi connectivity index (χ2v) is 8.33. The third-order valence-electron chi connectivity index (χ3n) is 5.33. The summed E-state index contributed by atoms with van der Waals surface area (Å²) in [5, 5.41) is 2.90. The average Bonchev–Trinajstić information content (AvgIpc) is 3.23. The van der Waals surface area contributed by atoms with E-state index in [9.17, 15) is 9.59 Å². The van der Waals surface area contributed by atoms with E-state index in [2.05, 4.69) is 5.32 Å². The SMILES string of the molecule is CCOc1ccccc1NC(=O)N(CC(=O)N(Cc1ccccc1)Cc1ccc(C)o1)C(C)C. The number of rotatable bonds is 10. The van der Waals surface area contributed by atoms with Gasteiger partial charge in [-0.3, -0.25) is 4.79 Å². The van der Waals surface area contributed by atoms with Crippen molar-refractivity contribution in [1.29, 1.82) is 0 Å². The average molecular weight is 464 g/mol. The number of benzene rings is 2. The summed E-state index contributed by atoms with van der Waals surface area (Å²) < 4.78 is 11.3. The van der Waals surface area contributed by atoms with E-state index < -0.39 is 0 Å². The van der Waals surface area contributed by atoms with Gasteiger partial charge in [0.1, 0.15) is 23.8 Å². The lowest BCUT2D eigenvalue weighted by atomic mass is 10.2. The Labute approximate surface area is 201 Å². The fraction of sp³-hybridized carbons (Fsp3) is 0.333. The molecule has 1 N–H and O–H groups in total. The molecule has 0 unspecified atom stereocenters. The second-order valence-electron chi connectivity index (χ2n) is 8.33. The summed E-state index contributed by atoms with van der Waals surface area (Å²) in [4.78, 5) is 29.8. The number of nitrogens with one attached hydrogen (secondary N) is 1. The Hall–Kier alpha value is -3.74. The summed E-state index contributed by atoms with van der Waals surface area (Å²) in [6, 6.07) is 20.3. The highest BCUT2D eigenvalue weighted by Gasteiger charge is 2.25. The number of furan rings is 1. The number of hydrogen-bond donors (Lipinski definition) is 1. The molecule has 180 valence electrons. The van der Waals surface area contributed by atoms with Crippen molar-refractivity contribution >= 4 is 17.6 Å². The molecule has 0 saturated carbocycles. The van der Waals surface area contributed by atoms with Crippen LogP contribution in [0.2, 0.25) is 0 Å². The highest BCUT2D eigenvalue weighted by molar-refractivity contribution is 5.93. The molecule has 1 aromatic heterocycles. The maximum Gasteiger partial charge on any atom is 0.322 e. The monoisotopic (exact) mass is 463 g/mol. The number of para-hydroxylation sites is 2. The van der Waals surface area contributed by atoms with Crippen molar-refractivity contribution in [1.82, 2.24) is 9.80 Å². The fourth-order valence-corrected chi connectivity index (χ4v) is 3.57. The number of aryl methyl sites for hydroxylation is 1.